The second-order valence-electron chi connectivity index (χ2n) is 5.07. The third-order valence-electron chi connectivity index (χ3n) is 3.56. The molecule has 1 atom stereocenters. The predicted octanol–water partition coefficient (Wildman–Crippen LogP) is 3.22. The van der Waals surface area contributed by atoms with Crippen LogP contribution in [0.4, 0.5) is 0 Å². The first-order valence-electron chi connectivity index (χ1n) is 7.54. The maximum absolute atomic E-state index is 12.5. The molecule has 0 N–H and O–H groups in total. The maximum atomic E-state index is 12.5. The Morgan fingerprint density at radius 2 is 2.00 bits per heavy atom. The number of hydrogen-bond acceptors (Lipinski definition) is 3. The summed E-state index contributed by atoms with van der Waals surface area (Å²) in [5.41, 5.74) is 0.00167. The molecule has 0 saturated carbocycles. The monoisotopic (exact) mass is 289 g/mol. The summed E-state index contributed by atoms with van der Waals surface area (Å²) >= 11 is 0. The van der Waals surface area contributed by atoms with Gasteiger partial charge < -0.3 is 14.0 Å². The van der Waals surface area contributed by atoms with E-state index >= 15 is 0 Å². The van der Waals surface area contributed by atoms with Gasteiger partial charge in [-0.05, 0) is 38.5 Å². The van der Waals surface area contributed by atoms with Gasteiger partial charge in [0, 0.05) is 24.7 Å². The Morgan fingerprint density at radius 1 is 1.19 bits per heavy atom. The fourth-order valence-corrected chi connectivity index (χ4v) is 2.18. The van der Waals surface area contributed by atoms with Crippen LogP contribution in [0.3, 0.4) is 0 Å². The Morgan fingerprint density at radius 3 is 2.71 bits per heavy atom. The van der Waals surface area contributed by atoms with Crippen molar-refractivity contribution in [2.75, 3.05) is 13.2 Å². The number of nitrogens with zero attached hydrogens (tertiary/aromatic N) is 1. The zero-order chi connectivity index (χ0) is 15.2. The van der Waals surface area contributed by atoms with Crippen molar-refractivity contribution < 1.29 is 9.47 Å². The van der Waals surface area contributed by atoms with Gasteiger partial charge in [0.05, 0.1) is 18.1 Å². The lowest BCUT2D eigenvalue weighted by atomic mass is 10.1. The van der Waals surface area contributed by atoms with Crippen LogP contribution in [-0.4, -0.2) is 23.9 Å². The first-order chi connectivity index (χ1) is 10.2. The smallest absolute Gasteiger partial charge is 0.258 e. The fourth-order valence-electron chi connectivity index (χ4n) is 2.18. The van der Waals surface area contributed by atoms with Crippen LogP contribution in [0.15, 0.2) is 35.3 Å². The number of ether oxygens (including phenoxy) is 2. The van der Waals surface area contributed by atoms with Gasteiger partial charge in [0.15, 0.2) is 0 Å². The molecule has 114 valence electrons. The van der Waals surface area contributed by atoms with Crippen LogP contribution in [0, 0.1) is 0 Å². The van der Waals surface area contributed by atoms with Gasteiger partial charge in [0.1, 0.15) is 5.75 Å². The lowest BCUT2D eigenvalue weighted by molar-refractivity contribution is 0.138. The largest absolute Gasteiger partial charge is 0.490 e. The highest BCUT2D eigenvalue weighted by Gasteiger charge is 2.09. The van der Waals surface area contributed by atoms with Crippen LogP contribution in [0.2, 0.25) is 0 Å². The first-order valence-corrected chi connectivity index (χ1v) is 7.54. The highest BCUT2D eigenvalue weighted by atomic mass is 16.5. The summed E-state index contributed by atoms with van der Waals surface area (Å²) in [5.74, 6) is 0.774. The average Bonchev–Trinajstić information content (AvgIpc) is 2.50. The lowest BCUT2D eigenvalue weighted by Gasteiger charge is -2.15. The van der Waals surface area contributed by atoms with Gasteiger partial charge in [-0.25, -0.2) is 0 Å². The normalized spacial score (nSPS) is 12.5. The van der Waals surface area contributed by atoms with E-state index < -0.39 is 0 Å². The van der Waals surface area contributed by atoms with Crippen molar-refractivity contribution in [1.29, 1.82) is 0 Å². The summed E-state index contributed by atoms with van der Waals surface area (Å²) in [7, 11) is 0. The van der Waals surface area contributed by atoms with Gasteiger partial charge in [0.2, 0.25) is 0 Å². The van der Waals surface area contributed by atoms with Crippen LogP contribution in [-0.2, 0) is 11.3 Å². The van der Waals surface area contributed by atoms with Gasteiger partial charge in [-0.2, -0.15) is 0 Å². The Bertz CT molecular complexity index is 648. The molecule has 0 amide bonds. The van der Waals surface area contributed by atoms with E-state index in [-0.39, 0.29) is 11.7 Å². The van der Waals surface area contributed by atoms with Crippen LogP contribution < -0.4 is 10.3 Å². The highest BCUT2D eigenvalue weighted by Crippen LogP contribution is 2.24. The molecule has 1 aromatic carbocycles. The number of fused-ring (bicyclic) bond motifs is 1. The summed E-state index contributed by atoms with van der Waals surface area (Å²) < 4.78 is 12.9. The molecule has 2 aromatic rings. The van der Waals surface area contributed by atoms with E-state index in [1.807, 2.05) is 44.3 Å². The van der Waals surface area contributed by atoms with Crippen LogP contribution in [0.5, 0.6) is 5.75 Å². The summed E-state index contributed by atoms with van der Waals surface area (Å²) in [4.78, 5) is 12.5. The standard InChI is InChI=1S/C17H23NO3/c1-4-13(3)21-16-8-6-7-15-14(16)9-10-18(17(15)19)11-12-20-5-2/h6-10,13H,4-5,11-12H2,1-3H3. The van der Waals surface area contributed by atoms with E-state index in [4.69, 9.17) is 9.47 Å². The van der Waals surface area contributed by atoms with E-state index in [0.717, 1.165) is 17.6 Å². The predicted molar refractivity (Wildman–Crippen MR) is 85.1 cm³/mol. The zero-order valence-corrected chi connectivity index (χ0v) is 13.0. The minimum Gasteiger partial charge on any atom is -0.490 e. The Labute approximate surface area is 125 Å². The first kappa shape index (κ1) is 15.6. The molecule has 0 aliphatic carbocycles. The summed E-state index contributed by atoms with van der Waals surface area (Å²) in [6.07, 6.45) is 2.88. The topological polar surface area (TPSA) is 40.5 Å². The van der Waals surface area contributed by atoms with E-state index in [0.29, 0.717) is 25.1 Å². The molecule has 2 rings (SSSR count). The minimum absolute atomic E-state index is 0.00167. The third kappa shape index (κ3) is 3.64. The molecule has 0 radical (unpaired) electrons. The molecule has 4 heteroatoms. The molecule has 4 nitrogen and oxygen atoms in total. The molecule has 0 aliphatic rings. The van der Waals surface area contributed by atoms with E-state index in [1.165, 1.54) is 0 Å². The van der Waals surface area contributed by atoms with Gasteiger partial charge in [-0.15, -0.1) is 0 Å². The molecule has 0 bridgehead atoms. The van der Waals surface area contributed by atoms with Crippen molar-refractivity contribution in [1.82, 2.24) is 4.57 Å². The Balaban J connectivity index is 2.35. The van der Waals surface area contributed by atoms with Crippen molar-refractivity contribution in [2.24, 2.45) is 0 Å². The van der Waals surface area contributed by atoms with Gasteiger partial charge in [0.25, 0.3) is 5.56 Å². The molecular formula is C17H23NO3. The molecule has 0 saturated heterocycles. The van der Waals surface area contributed by atoms with Gasteiger partial charge >= 0.3 is 0 Å². The van der Waals surface area contributed by atoms with Gasteiger partial charge in [-0.3, -0.25) is 4.79 Å². The van der Waals surface area contributed by atoms with Crippen molar-refractivity contribution in [3.8, 4) is 5.75 Å². The third-order valence-corrected chi connectivity index (χ3v) is 3.56. The maximum Gasteiger partial charge on any atom is 0.258 e. The highest BCUT2D eigenvalue weighted by molar-refractivity contribution is 5.87. The number of aromatic nitrogens is 1. The van der Waals surface area contributed by atoms with Crippen molar-refractivity contribution in [3.05, 3.63) is 40.8 Å². The Hall–Kier alpha value is -1.81. The second kappa shape index (κ2) is 7.27. The quantitative estimate of drug-likeness (QED) is 0.735. The number of benzene rings is 1. The van der Waals surface area contributed by atoms with Crippen molar-refractivity contribution >= 4 is 10.8 Å². The molecule has 0 aliphatic heterocycles. The summed E-state index contributed by atoms with van der Waals surface area (Å²) in [6.45, 7) is 7.83. The second-order valence-corrected chi connectivity index (χ2v) is 5.07. The number of rotatable bonds is 7. The number of pyridine rings is 1. The molecule has 21 heavy (non-hydrogen) atoms. The van der Waals surface area contributed by atoms with Crippen LogP contribution in [0.1, 0.15) is 27.2 Å². The fraction of sp³-hybridized carbons (Fsp3) is 0.471. The van der Waals surface area contributed by atoms with Crippen molar-refractivity contribution in [3.63, 3.8) is 0 Å². The molecular weight excluding hydrogens is 266 g/mol. The molecule has 1 heterocycles. The average molecular weight is 289 g/mol. The van der Waals surface area contributed by atoms with Crippen LogP contribution >= 0.6 is 0 Å². The summed E-state index contributed by atoms with van der Waals surface area (Å²) in [6, 6.07) is 7.57. The van der Waals surface area contributed by atoms with E-state index in [2.05, 4.69) is 6.92 Å². The molecule has 1 unspecified atom stereocenters. The number of hydrogen-bond donors (Lipinski definition) is 0. The SMILES string of the molecule is CCOCCn1ccc2c(OC(C)CC)cccc2c1=O. The van der Waals surface area contributed by atoms with E-state index in [1.54, 1.807) is 4.57 Å². The van der Waals surface area contributed by atoms with Crippen molar-refractivity contribution in [2.45, 2.75) is 39.8 Å². The molecule has 1 aromatic heterocycles. The molecule has 0 fully saturated rings. The van der Waals surface area contributed by atoms with E-state index in [9.17, 15) is 4.79 Å². The summed E-state index contributed by atoms with van der Waals surface area (Å²) in [5, 5.41) is 1.56. The lowest BCUT2D eigenvalue weighted by Crippen LogP contribution is -2.22. The van der Waals surface area contributed by atoms with Gasteiger partial charge in [-0.1, -0.05) is 13.0 Å². The zero-order valence-electron chi connectivity index (χ0n) is 13.0. The minimum atomic E-state index is 0.00167. The Kier molecular flexibility index (Phi) is 5.39. The van der Waals surface area contributed by atoms with Crippen LogP contribution in [0.25, 0.3) is 10.8 Å². The molecule has 0 spiro atoms.